The summed E-state index contributed by atoms with van der Waals surface area (Å²) in [6, 6.07) is 42.1. The molecule has 6 aromatic rings. The third-order valence-electron chi connectivity index (χ3n) is 7.20. The number of para-hydroxylation sites is 3. The summed E-state index contributed by atoms with van der Waals surface area (Å²) in [5.41, 5.74) is 7.52. The van der Waals surface area contributed by atoms with Gasteiger partial charge in [-0.2, -0.15) is 0 Å². The maximum absolute atomic E-state index is 6.78. The average Bonchev–Trinajstić information content (AvgIpc) is 2.97. The van der Waals surface area contributed by atoms with Gasteiger partial charge in [0.25, 0.3) is 0 Å². The molecule has 0 bridgehead atoms. The Morgan fingerprint density at radius 1 is 0.541 bits per heavy atom. The second kappa shape index (κ2) is 7.70. The van der Waals surface area contributed by atoms with Gasteiger partial charge in [-0.1, -0.05) is 66.7 Å². The van der Waals surface area contributed by atoms with E-state index in [0.29, 0.717) is 0 Å². The van der Waals surface area contributed by atoms with E-state index in [0.717, 1.165) is 51.3 Å². The summed E-state index contributed by atoms with van der Waals surface area (Å²) in [6.07, 6.45) is 1.84. The summed E-state index contributed by atoms with van der Waals surface area (Å²) < 4.78 is 6.78. The van der Waals surface area contributed by atoms with Crippen molar-refractivity contribution in [3.05, 3.63) is 128 Å². The quantitative estimate of drug-likeness (QED) is 0.249. The number of aromatic nitrogens is 1. The zero-order valence-corrected chi connectivity index (χ0v) is 19.9. The predicted molar refractivity (Wildman–Crippen MR) is 150 cm³/mol. The highest BCUT2D eigenvalue weighted by Crippen LogP contribution is 2.60. The van der Waals surface area contributed by atoms with Gasteiger partial charge in [0, 0.05) is 22.8 Å². The lowest BCUT2D eigenvalue weighted by molar-refractivity contribution is 0.478. The molecule has 8 rings (SSSR count). The molecule has 0 radical (unpaired) electrons. The van der Waals surface area contributed by atoms with Crippen LogP contribution in [0.4, 0.5) is 34.3 Å². The summed E-state index contributed by atoms with van der Waals surface area (Å²) in [5, 5.41) is 2.43. The van der Waals surface area contributed by atoms with Gasteiger partial charge in [0.05, 0.1) is 17.1 Å². The van der Waals surface area contributed by atoms with Crippen LogP contribution < -0.4 is 14.5 Å². The first-order valence-electron chi connectivity index (χ1n) is 12.4. The highest BCUT2D eigenvalue weighted by Gasteiger charge is 2.35. The number of pyridine rings is 1. The molecule has 0 amide bonds. The summed E-state index contributed by atoms with van der Waals surface area (Å²) in [6.45, 7) is 0. The van der Waals surface area contributed by atoms with Crippen LogP contribution in [0.2, 0.25) is 0 Å². The molecule has 2 aliphatic rings. The largest absolute Gasteiger partial charge is 0.451 e. The molecular weight excluding hydrogens is 454 g/mol. The number of hydrogen-bond donors (Lipinski definition) is 0. The van der Waals surface area contributed by atoms with Gasteiger partial charge < -0.3 is 9.64 Å². The van der Waals surface area contributed by atoms with Crippen LogP contribution in [0.15, 0.2) is 128 Å². The third kappa shape index (κ3) is 2.87. The molecule has 4 nitrogen and oxygen atoms in total. The number of anilines is 6. The molecule has 37 heavy (non-hydrogen) atoms. The maximum atomic E-state index is 6.78. The molecule has 0 unspecified atom stereocenters. The normalized spacial score (nSPS) is 13.0. The molecule has 0 spiro atoms. The molecule has 1 aromatic heterocycles. The number of rotatable bonds is 2. The van der Waals surface area contributed by atoms with E-state index in [1.54, 1.807) is 0 Å². The molecule has 0 saturated heterocycles. The number of ether oxygens (including phenoxy) is 1. The molecule has 5 aromatic carbocycles. The number of fused-ring (bicyclic) bond motifs is 5. The monoisotopic (exact) mass is 475 g/mol. The summed E-state index contributed by atoms with van der Waals surface area (Å²) in [4.78, 5) is 9.32. The molecule has 4 heteroatoms. The summed E-state index contributed by atoms with van der Waals surface area (Å²) >= 11 is 0. The van der Waals surface area contributed by atoms with Gasteiger partial charge in [0.2, 0.25) is 0 Å². The number of hydrogen-bond acceptors (Lipinski definition) is 4. The Morgan fingerprint density at radius 3 is 2.19 bits per heavy atom. The van der Waals surface area contributed by atoms with Crippen molar-refractivity contribution < 1.29 is 4.74 Å². The lowest BCUT2D eigenvalue weighted by Gasteiger charge is -2.39. The zero-order valence-electron chi connectivity index (χ0n) is 19.9. The summed E-state index contributed by atoms with van der Waals surface area (Å²) in [7, 11) is 0. The van der Waals surface area contributed by atoms with Crippen LogP contribution in [-0.4, -0.2) is 4.98 Å². The zero-order chi connectivity index (χ0) is 24.3. The van der Waals surface area contributed by atoms with Gasteiger partial charge in [-0.3, -0.25) is 4.90 Å². The minimum absolute atomic E-state index is 0.817. The van der Waals surface area contributed by atoms with Crippen molar-refractivity contribution in [3.63, 3.8) is 0 Å². The first-order valence-corrected chi connectivity index (χ1v) is 12.4. The van der Waals surface area contributed by atoms with Crippen LogP contribution in [0, 0.1) is 0 Å². The van der Waals surface area contributed by atoms with Crippen LogP contribution in [-0.2, 0) is 0 Å². The molecule has 174 valence electrons. The van der Waals surface area contributed by atoms with E-state index in [-0.39, 0.29) is 0 Å². The first kappa shape index (κ1) is 20.1. The lowest BCUT2D eigenvalue weighted by atomic mass is 9.90. The second-order valence-electron chi connectivity index (χ2n) is 9.25. The number of benzene rings is 5. The minimum atomic E-state index is 0.817. The first-order chi connectivity index (χ1) is 18.4. The van der Waals surface area contributed by atoms with Gasteiger partial charge >= 0.3 is 0 Å². The van der Waals surface area contributed by atoms with Gasteiger partial charge in [0.15, 0.2) is 11.5 Å². The number of nitrogens with zero attached hydrogens (tertiary/aromatic N) is 3. The average molecular weight is 476 g/mol. The SMILES string of the molecule is c1ccc(N2c3ccccc3Oc3c2ccc2c3N(c3ccccn3)c3cccc4cccc-2c34)cc1. The second-order valence-corrected chi connectivity index (χ2v) is 9.25. The standard InChI is InChI=1S/C33H21N3O/c1-2-12-23(13-3-1)35-26-15-4-5-17-29(26)37-33-28(35)20-19-25-24-14-8-10-22-11-9-16-27(31(22)24)36(32(25)33)30-18-6-7-21-34-30/h1-21H. The van der Waals surface area contributed by atoms with E-state index in [1.807, 2.05) is 36.5 Å². The van der Waals surface area contributed by atoms with Gasteiger partial charge in [-0.15, -0.1) is 0 Å². The highest BCUT2D eigenvalue weighted by atomic mass is 16.5. The Labute approximate surface area is 214 Å². The van der Waals surface area contributed by atoms with Crippen molar-refractivity contribution >= 4 is 45.0 Å². The highest BCUT2D eigenvalue weighted by molar-refractivity contribution is 6.15. The van der Waals surface area contributed by atoms with Crippen molar-refractivity contribution in [3.8, 4) is 22.6 Å². The van der Waals surface area contributed by atoms with Crippen LogP contribution in [0.5, 0.6) is 11.5 Å². The van der Waals surface area contributed by atoms with E-state index < -0.39 is 0 Å². The molecule has 2 aliphatic heterocycles. The molecule has 0 N–H and O–H groups in total. The van der Waals surface area contributed by atoms with Crippen molar-refractivity contribution in [1.29, 1.82) is 0 Å². The predicted octanol–water partition coefficient (Wildman–Crippen LogP) is 9.26. The minimum Gasteiger partial charge on any atom is -0.451 e. The van der Waals surface area contributed by atoms with E-state index in [9.17, 15) is 0 Å². The maximum Gasteiger partial charge on any atom is 0.176 e. The Balaban J connectivity index is 1.48. The van der Waals surface area contributed by atoms with Crippen molar-refractivity contribution in [2.45, 2.75) is 0 Å². The Bertz CT molecular complexity index is 1810. The van der Waals surface area contributed by atoms with Gasteiger partial charge in [0.1, 0.15) is 11.5 Å². The van der Waals surface area contributed by atoms with Crippen LogP contribution in [0.25, 0.3) is 21.9 Å². The third-order valence-corrected chi connectivity index (χ3v) is 7.20. The Morgan fingerprint density at radius 2 is 1.32 bits per heavy atom. The van der Waals surface area contributed by atoms with Crippen LogP contribution in [0.1, 0.15) is 0 Å². The molecular formula is C33H21N3O. The fraction of sp³-hybridized carbons (Fsp3) is 0. The van der Waals surface area contributed by atoms with Crippen LogP contribution >= 0.6 is 0 Å². The summed E-state index contributed by atoms with van der Waals surface area (Å²) in [5.74, 6) is 2.50. The fourth-order valence-corrected chi connectivity index (χ4v) is 5.68. The molecule has 0 atom stereocenters. The van der Waals surface area contributed by atoms with E-state index in [4.69, 9.17) is 9.72 Å². The van der Waals surface area contributed by atoms with Gasteiger partial charge in [-0.05, 0) is 65.5 Å². The Hall–Kier alpha value is -5.09. The smallest absolute Gasteiger partial charge is 0.176 e. The molecule has 0 aliphatic carbocycles. The molecule has 3 heterocycles. The van der Waals surface area contributed by atoms with Crippen LogP contribution in [0.3, 0.4) is 0 Å². The Kier molecular flexibility index (Phi) is 4.19. The van der Waals surface area contributed by atoms with Crippen molar-refractivity contribution in [1.82, 2.24) is 4.98 Å². The van der Waals surface area contributed by atoms with Gasteiger partial charge in [-0.25, -0.2) is 4.98 Å². The lowest BCUT2D eigenvalue weighted by Crippen LogP contribution is -2.21. The molecule has 0 saturated carbocycles. The molecule has 0 fully saturated rings. The van der Waals surface area contributed by atoms with Crippen molar-refractivity contribution in [2.75, 3.05) is 9.80 Å². The van der Waals surface area contributed by atoms with Crippen molar-refractivity contribution in [2.24, 2.45) is 0 Å². The van der Waals surface area contributed by atoms with E-state index >= 15 is 0 Å². The topological polar surface area (TPSA) is 28.6 Å². The fourth-order valence-electron chi connectivity index (χ4n) is 5.68. The van der Waals surface area contributed by atoms with E-state index in [2.05, 4.69) is 101 Å². The van der Waals surface area contributed by atoms with E-state index in [1.165, 1.54) is 16.3 Å².